The van der Waals surface area contributed by atoms with E-state index in [9.17, 15) is 9.59 Å². The summed E-state index contributed by atoms with van der Waals surface area (Å²) in [6, 6.07) is 6.81. The van der Waals surface area contributed by atoms with Crippen molar-refractivity contribution >= 4 is 23.9 Å². The molecule has 1 unspecified atom stereocenters. The highest BCUT2D eigenvalue weighted by Crippen LogP contribution is 2.28. The maximum atomic E-state index is 12.7. The van der Waals surface area contributed by atoms with Gasteiger partial charge in [0, 0.05) is 12.6 Å². The Morgan fingerprint density at radius 1 is 1.33 bits per heavy atom. The number of aliphatic imine (C=N–C) groups is 2. The number of nitrogens with zero attached hydrogens (tertiary/aromatic N) is 3. The molecule has 1 aliphatic rings. The summed E-state index contributed by atoms with van der Waals surface area (Å²) in [4.78, 5) is 31.9. The number of carbonyl (C=O) groups is 2. The highest BCUT2D eigenvalue weighted by molar-refractivity contribution is 6.33. The Balaban J connectivity index is 2.33. The Bertz CT molecular complexity index is 833. The number of nitriles is 1. The van der Waals surface area contributed by atoms with Gasteiger partial charge in [0.1, 0.15) is 17.4 Å². The molecule has 0 saturated carbocycles. The quantitative estimate of drug-likeness (QED) is 0.714. The van der Waals surface area contributed by atoms with Crippen LogP contribution in [0.2, 0.25) is 0 Å². The minimum Gasteiger partial charge on any atom is -0.480 e. The van der Waals surface area contributed by atoms with E-state index in [1.807, 2.05) is 6.07 Å². The third-order valence-corrected chi connectivity index (χ3v) is 3.34. The average molecular weight is 372 g/mol. The molecular formula is C18H20N4O5. The summed E-state index contributed by atoms with van der Waals surface area (Å²) in [5.74, 6) is -3.84. The Hall–Kier alpha value is -3.25. The molecule has 1 aromatic rings. The monoisotopic (exact) mass is 372 g/mol. The first-order valence-corrected chi connectivity index (χ1v) is 8.09. The number of hydrogen-bond acceptors (Lipinski definition) is 8. The highest BCUT2D eigenvalue weighted by Gasteiger charge is 2.47. The number of aliphatic carboxylic acids is 1. The molecule has 9 heteroatoms. The maximum Gasteiger partial charge on any atom is 0.401 e. The van der Waals surface area contributed by atoms with Crippen LogP contribution in [0.4, 0.5) is 0 Å². The SMILES string of the molecule is CC(C)(C)OC(=O)C1(Oc2ccc(C#N)cc2)N=CC(C[C@H](N)C(=O)O)=N1. The van der Waals surface area contributed by atoms with Crippen molar-refractivity contribution in [3.05, 3.63) is 29.8 Å². The Morgan fingerprint density at radius 2 is 1.96 bits per heavy atom. The molecular weight excluding hydrogens is 352 g/mol. The number of hydrogen-bond donors (Lipinski definition) is 2. The first-order valence-electron chi connectivity index (χ1n) is 8.09. The van der Waals surface area contributed by atoms with Crippen LogP contribution >= 0.6 is 0 Å². The second-order valence-corrected chi connectivity index (χ2v) is 6.86. The standard InChI is InChI=1S/C18H20N4O5/c1-17(2,3)27-16(25)18(26-13-6-4-11(9-19)5-7-13)21-10-12(22-18)8-14(20)15(23)24/h4-7,10,14H,8,20H2,1-3H3,(H,23,24)/t14-,18?/m0/s1. The predicted molar refractivity (Wildman–Crippen MR) is 96.5 cm³/mol. The molecule has 2 rings (SSSR count). The summed E-state index contributed by atoms with van der Waals surface area (Å²) >= 11 is 0. The lowest BCUT2D eigenvalue weighted by atomic mass is 10.1. The van der Waals surface area contributed by atoms with Gasteiger partial charge >= 0.3 is 17.8 Å². The fraction of sp³-hybridized carbons (Fsp3) is 0.389. The van der Waals surface area contributed by atoms with Crippen LogP contribution in [0.5, 0.6) is 5.75 Å². The van der Waals surface area contributed by atoms with Crippen LogP contribution in [0.25, 0.3) is 0 Å². The second-order valence-electron chi connectivity index (χ2n) is 6.86. The van der Waals surface area contributed by atoms with E-state index in [-0.39, 0.29) is 17.9 Å². The second kappa shape index (κ2) is 7.55. The van der Waals surface area contributed by atoms with Crippen LogP contribution in [-0.4, -0.2) is 46.5 Å². The summed E-state index contributed by atoms with van der Waals surface area (Å²) in [5.41, 5.74) is 5.32. The maximum absolute atomic E-state index is 12.7. The molecule has 142 valence electrons. The van der Waals surface area contributed by atoms with E-state index in [2.05, 4.69) is 9.98 Å². The predicted octanol–water partition coefficient (Wildman–Crippen LogP) is 1.26. The molecule has 1 heterocycles. The van der Waals surface area contributed by atoms with Gasteiger partial charge in [-0.05, 0) is 45.0 Å². The van der Waals surface area contributed by atoms with Crippen molar-refractivity contribution in [1.82, 2.24) is 0 Å². The molecule has 0 aliphatic carbocycles. The molecule has 0 fully saturated rings. The van der Waals surface area contributed by atoms with Crippen molar-refractivity contribution in [3.63, 3.8) is 0 Å². The molecule has 3 N–H and O–H groups in total. The first-order chi connectivity index (χ1) is 12.5. The van der Waals surface area contributed by atoms with Gasteiger partial charge in [-0.25, -0.2) is 14.8 Å². The minimum atomic E-state index is -2.03. The molecule has 27 heavy (non-hydrogen) atoms. The molecule has 0 radical (unpaired) electrons. The smallest absolute Gasteiger partial charge is 0.401 e. The highest BCUT2D eigenvalue weighted by atomic mass is 16.6. The number of rotatable bonds is 6. The number of ether oxygens (including phenoxy) is 2. The lowest BCUT2D eigenvalue weighted by Crippen LogP contribution is -2.44. The van der Waals surface area contributed by atoms with Crippen LogP contribution in [0.15, 0.2) is 34.3 Å². The largest absolute Gasteiger partial charge is 0.480 e. The van der Waals surface area contributed by atoms with Crippen LogP contribution in [0.1, 0.15) is 32.8 Å². The zero-order valence-electron chi connectivity index (χ0n) is 15.2. The number of nitrogens with two attached hydrogens (primary N) is 1. The lowest BCUT2D eigenvalue weighted by molar-refractivity contribution is -0.172. The summed E-state index contributed by atoms with van der Waals surface area (Å²) in [6.07, 6.45) is 1.12. The van der Waals surface area contributed by atoms with Gasteiger partial charge in [-0.2, -0.15) is 5.26 Å². The Kier molecular flexibility index (Phi) is 5.61. The number of carboxylic acids is 1. The van der Waals surface area contributed by atoms with Crippen molar-refractivity contribution in [2.45, 2.75) is 44.7 Å². The summed E-state index contributed by atoms with van der Waals surface area (Å²) in [7, 11) is 0. The van der Waals surface area contributed by atoms with Gasteiger partial charge in [0.05, 0.1) is 17.3 Å². The van der Waals surface area contributed by atoms with Crippen molar-refractivity contribution in [2.24, 2.45) is 15.7 Å². The van der Waals surface area contributed by atoms with E-state index in [1.165, 1.54) is 30.5 Å². The molecule has 0 amide bonds. The average Bonchev–Trinajstić information content (AvgIpc) is 2.98. The number of benzene rings is 1. The molecule has 1 aromatic carbocycles. The van der Waals surface area contributed by atoms with Gasteiger partial charge in [-0.1, -0.05) is 0 Å². The van der Waals surface area contributed by atoms with Crippen LogP contribution in [0, 0.1) is 11.3 Å². The van der Waals surface area contributed by atoms with Gasteiger partial charge in [0.2, 0.25) is 0 Å². The fourth-order valence-corrected chi connectivity index (χ4v) is 2.12. The fourth-order valence-electron chi connectivity index (χ4n) is 2.12. The van der Waals surface area contributed by atoms with E-state index in [0.717, 1.165) is 0 Å². The normalized spacial score (nSPS) is 19.7. The third-order valence-electron chi connectivity index (χ3n) is 3.34. The van der Waals surface area contributed by atoms with Gasteiger partial charge in [-0.15, -0.1) is 0 Å². The van der Waals surface area contributed by atoms with Crippen molar-refractivity contribution < 1.29 is 24.2 Å². The Morgan fingerprint density at radius 3 is 2.48 bits per heavy atom. The molecule has 2 atom stereocenters. The molecule has 0 aromatic heterocycles. The summed E-state index contributed by atoms with van der Waals surface area (Å²) in [6.45, 7) is 5.05. The molecule has 9 nitrogen and oxygen atoms in total. The minimum absolute atomic E-state index is 0.125. The molecule has 0 bridgehead atoms. The van der Waals surface area contributed by atoms with Gasteiger partial charge in [0.25, 0.3) is 0 Å². The third kappa shape index (κ3) is 5.12. The van der Waals surface area contributed by atoms with Crippen molar-refractivity contribution in [2.75, 3.05) is 0 Å². The van der Waals surface area contributed by atoms with E-state index in [1.54, 1.807) is 20.8 Å². The number of carbonyl (C=O) groups excluding carboxylic acids is 1. The van der Waals surface area contributed by atoms with Crippen LogP contribution in [-0.2, 0) is 14.3 Å². The van der Waals surface area contributed by atoms with E-state index in [0.29, 0.717) is 5.56 Å². The summed E-state index contributed by atoms with van der Waals surface area (Å²) < 4.78 is 11.0. The lowest BCUT2D eigenvalue weighted by Gasteiger charge is -2.27. The molecule has 1 aliphatic heterocycles. The van der Waals surface area contributed by atoms with E-state index >= 15 is 0 Å². The van der Waals surface area contributed by atoms with Gasteiger partial charge in [0.15, 0.2) is 0 Å². The van der Waals surface area contributed by atoms with E-state index < -0.39 is 29.4 Å². The topological polar surface area (TPSA) is 147 Å². The van der Waals surface area contributed by atoms with Crippen LogP contribution in [0.3, 0.4) is 0 Å². The zero-order chi connectivity index (χ0) is 20.2. The van der Waals surface area contributed by atoms with Crippen molar-refractivity contribution in [1.29, 1.82) is 5.26 Å². The Labute approximate surface area is 156 Å². The molecule has 0 saturated heterocycles. The van der Waals surface area contributed by atoms with Crippen LogP contribution < -0.4 is 10.5 Å². The number of esters is 1. The summed E-state index contributed by atoms with van der Waals surface area (Å²) in [5, 5.41) is 17.8. The first kappa shape index (κ1) is 20.1. The van der Waals surface area contributed by atoms with E-state index in [4.69, 9.17) is 25.6 Å². The number of carboxylic acid groups (broad SMARTS) is 1. The van der Waals surface area contributed by atoms with Crippen molar-refractivity contribution in [3.8, 4) is 11.8 Å². The molecule has 0 spiro atoms. The van der Waals surface area contributed by atoms with Gasteiger partial charge < -0.3 is 20.3 Å². The zero-order valence-corrected chi connectivity index (χ0v) is 15.2. The van der Waals surface area contributed by atoms with Gasteiger partial charge in [-0.3, -0.25) is 4.79 Å².